The Balaban J connectivity index is 1.32. The summed E-state index contributed by atoms with van der Waals surface area (Å²) in [6.07, 6.45) is 6.69. The number of benzene rings is 2. The van der Waals surface area contributed by atoms with Crippen LogP contribution in [-0.2, 0) is 21.0 Å². The van der Waals surface area contributed by atoms with Crippen LogP contribution < -0.4 is 15.5 Å². The first-order valence-electron chi connectivity index (χ1n) is 15.6. The highest BCUT2D eigenvalue weighted by molar-refractivity contribution is 5.89. The molecule has 2 aromatic carbocycles. The molecular formula is C34H47N3O6. The smallest absolute Gasteiger partial charge is 0.335 e. The molecule has 4 rings (SSSR count). The highest BCUT2D eigenvalue weighted by atomic mass is 16.6. The zero-order valence-corrected chi connectivity index (χ0v) is 25.7. The standard InChI is InChI=1S/C34H47N3O6/c1-34(2,3)30(32(39)37-19-17-29(18-20-37)43-28-15-13-26(14-16-28)33(40)41)36-31(38)27(21-24-9-7-8-10-24)22-35-42-23-25-11-5-4-6-12-25/h4-6,11-16,24,27,29-30,35H,7-10,17-23H2,1-3H3,(H,36,38)(H,40,41)/t27?,30-/m1/s1. The second-order valence-electron chi connectivity index (χ2n) is 13.0. The van der Waals surface area contributed by atoms with Crippen LogP contribution in [0.4, 0.5) is 0 Å². The van der Waals surface area contributed by atoms with E-state index in [4.69, 9.17) is 14.7 Å². The lowest BCUT2D eigenvalue weighted by molar-refractivity contribution is -0.142. The molecule has 2 fully saturated rings. The molecule has 1 saturated heterocycles. The summed E-state index contributed by atoms with van der Waals surface area (Å²) in [5, 5.41) is 12.3. The molecule has 2 aromatic rings. The van der Waals surface area contributed by atoms with Gasteiger partial charge in [-0.3, -0.25) is 14.4 Å². The fourth-order valence-corrected chi connectivity index (χ4v) is 5.95. The van der Waals surface area contributed by atoms with Crippen LogP contribution in [0, 0.1) is 17.3 Å². The molecule has 9 heteroatoms. The van der Waals surface area contributed by atoms with Crippen LogP contribution in [0.3, 0.4) is 0 Å². The van der Waals surface area contributed by atoms with E-state index >= 15 is 0 Å². The lowest BCUT2D eigenvalue weighted by Gasteiger charge is -2.39. The quantitative estimate of drug-likeness (QED) is 0.216. The fraction of sp³-hybridized carbons (Fsp3) is 0.559. The Morgan fingerprint density at radius 1 is 0.953 bits per heavy atom. The third kappa shape index (κ3) is 9.79. The van der Waals surface area contributed by atoms with Crippen LogP contribution in [0.15, 0.2) is 54.6 Å². The summed E-state index contributed by atoms with van der Waals surface area (Å²) >= 11 is 0. The molecule has 1 aliphatic carbocycles. The van der Waals surface area contributed by atoms with E-state index in [-0.39, 0.29) is 29.4 Å². The van der Waals surface area contributed by atoms with Gasteiger partial charge in [-0.05, 0) is 47.6 Å². The maximum atomic E-state index is 13.8. The minimum atomic E-state index is -0.976. The maximum Gasteiger partial charge on any atom is 0.335 e. The number of aromatic carboxylic acids is 1. The monoisotopic (exact) mass is 593 g/mol. The molecule has 2 atom stereocenters. The molecule has 43 heavy (non-hydrogen) atoms. The molecule has 1 aliphatic heterocycles. The van der Waals surface area contributed by atoms with E-state index in [1.807, 2.05) is 56.0 Å². The summed E-state index contributed by atoms with van der Waals surface area (Å²) in [7, 11) is 0. The third-order valence-electron chi connectivity index (χ3n) is 8.53. The zero-order chi connectivity index (χ0) is 30.8. The van der Waals surface area contributed by atoms with Gasteiger partial charge in [0.1, 0.15) is 17.9 Å². The Morgan fingerprint density at radius 2 is 1.60 bits per heavy atom. The lowest BCUT2D eigenvalue weighted by Crippen LogP contribution is -2.58. The topological polar surface area (TPSA) is 117 Å². The van der Waals surface area contributed by atoms with Crippen molar-refractivity contribution < 1.29 is 29.1 Å². The molecule has 1 saturated carbocycles. The second kappa shape index (κ2) is 15.3. The van der Waals surface area contributed by atoms with Crippen molar-refractivity contribution >= 4 is 17.8 Å². The van der Waals surface area contributed by atoms with E-state index in [0.717, 1.165) is 24.8 Å². The number of rotatable bonds is 13. The number of hydrogen-bond acceptors (Lipinski definition) is 6. The van der Waals surface area contributed by atoms with Gasteiger partial charge in [0.15, 0.2) is 0 Å². The molecule has 2 amide bonds. The van der Waals surface area contributed by atoms with Gasteiger partial charge in [-0.1, -0.05) is 76.8 Å². The van der Waals surface area contributed by atoms with Gasteiger partial charge >= 0.3 is 5.97 Å². The van der Waals surface area contributed by atoms with Crippen LogP contribution in [0.2, 0.25) is 0 Å². The van der Waals surface area contributed by atoms with Crippen molar-refractivity contribution in [3.8, 4) is 5.75 Å². The maximum absolute atomic E-state index is 13.8. The van der Waals surface area contributed by atoms with Crippen molar-refractivity contribution in [2.45, 2.75) is 84.5 Å². The molecule has 234 valence electrons. The van der Waals surface area contributed by atoms with Crippen molar-refractivity contribution in [2.75, 3.05) is 19.6 Å². The summed E-state index contributed by atoms with van der Waals surface area (Å²) < 4.78 is 6.06. The number of piperidine rings is 1. The van der Waals surface area contributed by atoms with E-state index in [1.54, 1.807) is 12.1 Å². The second-order valence-corrected chi connectivity index (χ2v) is 13.0. The summed E-state index contributed by atoms with van der Waals surface area (Å²) in [5.41, 5.74) is 3.82. The SMILES string of the molecule is CC(C)(C)[C@H](NC(=O)C(CNOCc1ccccc1)CC1CCCC1)C(=O)N1CCC(Oc2ccc(C(=O)O)cc2)CC1. The van der Waals surface area contributed by atoms with Crippen molar-refractivity contribution in [2.24, 2.45) is 17.3 Å². The molecular weight excluding hydrogens is 546 g/mol. The Hall–Kier alpha value is -3.43. The first kappa shape index (κ1) is 32.5. The zero-order valence-electron chi connectivity index (χ0n) is 25.7. The Kier molecular flexibility index (Phi) is 11.6. The number of likely N-dealkylation sites (tertiary alicyclic amines) is 1. The summed E-state index contributed by atoms with van der Waals surface area (Å²) in [6, 6.07) is 15.6. The largest absolute Gasteiger partial charge is 0.490 e. The van der Waals surface area contributed by atoms with Gasteiger partial charge in [0, 0.05) is 32.5 Å². The van der Waals surface area contributed by atoms with Crippen LogP contribution in [-0.4, -0.2) is 59.6 Å². The molecule has 0 aromatic heterocycles. The third-order valence-corrected chi connectivity index (χ3v) is 8.53. The normalized spacial score (nSPS) is 17.8. The number of nitrogens with one attached hydrogen (secondary N) is 2. The first-order valence-corrected chi connectivity index (χ1v) is 15.6. The van der Waals surface area contributed by atoms with Crippen LogP contribution >= 0.6 is 0 Å². The average molecular weight is 594 g/mol. The van der Waals surface area contributed by atoms with Crippen molar-refractivity contribution in [3.63, 3.8) is 0 Å². The molecule has 0 spiro atoms. The summed E-state index contributed by atoms with van der Waals surface area (Å²) in [6.45, 7) is 7.81. The highest BCUT2D eigenvalue weighted by Crippen LogP contribution is 2.31. The highest BCUT2D eigenvalue weighted by Gasteiger charge is 2.38. The molecule has 0 bridgehead atoms. The number of carbonyl (C=O) groups excluding carboxylic acids is 2. The Bertz CT molecular complexity index is 1180. The van der Waals surface area contributed by atoms with Gasteiger partial charge in [0.05, 0.1) is 18.1 Å². The van der Waals surface area contributed by atoms with Gasteiger partial charge in [-0.15, -0.1) is 0 Å². The molecule has 9 nitrogen and oxygen atoms in total. The molecule has 2 aliphatic rings. The molecule has 3 N–H and O–H groups in total. The van der Waals surface area contributed by atoms with Gasteiger partial charge in [0.25, 0.3) is 0 Å². The van der Waals surface area contributed by atoms with Crippen molar-refractivity contribution in [1.29, 1.82) is 0 Å². The number of nitrogens with zero attached hydrogens (tertiary/aromatic N) is 1. The van der Waals surface area contributed by atoms with E-state index in [0.29, 0.717) is 50.8 Å². The van der Waals surface area contributed by atoms with Gasteiger partial charge in [-0.25, -0.2) is 10.3 Å². The number of carbonyl (C=O) groups is 3. The van der Waals surface area contributed by atoms with Crippen LogP contribution in [0.25, 0.3) is 0 Å². The minimum absolute atomic E-state index is 0.0693. The number of hydroxylamine groups is 1. The first-order chi connectivity index (χ1) is 20.6. The molecule has 1 unspecified atom stereocenters. The van der Waals surface area contributed by atoms with Gasteiger partial charge in [-0.2, -0.15) is 0 Å². The summed E-state index contributed by atoms with van der Waals surface area (Å²) in [4.78, 5) is 46.2. The van der Waals surface area contributed by atoms with E-state index in [1.165, 1.54) is 25.0 Å². The molecule has 0 radical (unpaired) electrons. The Labute approximate surface area is 255 Å². The predicted molar refractivity (Wildman–Crippen MR) is 164 cm³/mol. The van der Waals surface area contributed by atoms with Crippen LogP contribution in [0.5, 0.6) is 5.75 Å². The van der Waals surface area contributed by atoms with Crippen molar-refractivity contribution in [1.82, 2.24) is 15.7 Å². The van der Waals surface area contributed by atoms with Gasteiger partial charge < -0.3 is 20.1 Å². The van der Waals surface area contributed by atoms with Crippen LogP contribution in [0.1, 0.15) is 81.6 Å². The average Bonchev–Trinajstić information content (AvgIpc) is 3.51. The van der Waals surface area contributed by atoms with Crippen molar-refractivity contribution in [3.05, 3.63) is 65.7 Å². The number of ether oxygens (including phenoxy) is 1. The van der Waals surface area contributed by atoms with E-state index < -0.39 is 17.4 Å². The molecule has 1 heterocycles. The summed E-state index contributed by atoms with van der Waals surface area (Å²) in [5.74, 6) is -0.337. The minimum Gasteiger partial charge on any atom is -0.490 e. The number of amides is 2. The number of carboxylic acids is 1. The fourth-order valence-electron chi connectivity index (χ4n) is 5.95. The number of carboxylic acid groups (broad SMARTS) is 1. The van der Waals surface area contributed by atoms with E-state index in [9.17, 15) is 14.4 Å². The van der Waals surface area contributed by atoms with Gasteiger partial charge in [0.2, 0.25) is 11.8 Å². The lowest BCUT2D eigenvalue weighted by atomic mass is 9.84. The Morgan fingerprint density at radius 3 is 2.21 bits per heavy atom. The predicted octanol–water partition coefficient (Wildman–Crippen LogP) is 5.20. The van der Waals surface area contributed by atoms with E-state index in [2.05, 4.69) is 10.8 Å². The number of hydrogen-bond donors (Lipinski definition) is 3.